The van der Waals surface area contributed by atoms with E-state index in [0.29, 0.717) is 6.04 Å². The zero-order valence-corrected chi connectivity index (χ0v) is 23.8. The maximum absolute atomic E-state index is 5.95. The van der Waals surface area contributed by atoms with Crippen LogP contribution in [0.2, 0.25) is 0 Å². The van der Waals surface area contributed by atoms with Gasteiger partial charge in [-0.05, 0) is 61.9 Å². The van der Waals surface area contributed by atoms with Gasteiger partial charge in [-0.25, -0.2) is 4.52 Å². The van der Waals surface area contributed by atoms with Crippen LogP contribution in [0, 0.1) is 5.92 Å². The number of benzene rings is 1. The van der Waals surface area contributed by atoms with Gasteiger partial charge in [0.25, 0.3) is 0 Å². The summed E-state index contributed by atoms with van der Waals surface area (Å²) in [5.74, 6) is 2.41. The molecule has 38 heavy (non-hydrogen) atoms. The third-order valence-corrected chi connectivity index (χ3v) is 8.51. The molecule has 1 aliphatic carbocycles. The summed E-state index contributed by atoms with van der Waals surface area (Å²) in [6, 6.07) is 11.3. The molecule has 1 unspecified atom stereocenters. The summed E-state index contributed by atoms with van der Waals surface area (Å²) in [7, 11) is 7.66. The Labute approximate surface area is 227 Å². The Morgan fingerprint density at radius 2 is 1.74 bits per heavy atom. The van der Waals surface area contributed by atoms with Gasteiger partial charge >= 0.3 is 0 Å². The molecule has 1 saturated carbocycles. The van der Waals surface area contributed by atoms with Crippen molar-refractivity contribution in [2.45, 2.75) is 57.9 Å². The number of ether oxygens (including phenoxy) is 4. The van der Waals surface area contributed by atoms with Crippen molar-refractivity contribution in [1.29, 1.82) is 0 Å². The lowest BCUT2D eigenvalue weighted by molar-refractivity contribution is 0.0436. The van der Waals surface area contributed by atoms with Crippen LogP contribution >= 0.6 is 0 Å². The van der Waals surface area contributed by atoms with E-state index in [1.54, 1.807) is 21.3 Å². The van der Waals surface area contributed by atoms with Crippen LogP contribution in [0.5, 0.6) is 11.5 Å². The van der Waals surface area contributed by atoms with Crippen LogP contribution in [0.4, 0.5) is 5.69 Å². The SMILES string of the molecule is CCc1nn2c(-c3c(OC)cc(CCCOC)cc3OC)cccc2c1[N+](C)(CC1CC1)C1CCOCC1. The maximum Gasteiger partial charge on any atom is 0.182 e. The number of quaternary nitrogens is 1. The molecule has 1 atom stereocenters. The van der Waals surface area contributed by atoms with E-state index in [2.05, 4.69) is 48.8 Å². The molecule has 3 aromatic rings. The number of aromatic nitrogens is 2. The number of pyridine rings is 1. The molecule has 1 aromatic carbocycles. The van der Waals surface area contributed by atoms with Gasteiger partial charge in [0, 0.05) is 32.5 Å². The Morgan fingerprint density at radius 1 is 1.03 bits per heavy atom. The number of hydrogen-bond donors (Lipinski definition) is 0. The van der Waals surface area contributed by atoms with Crippen molar-refractivity contribution in [3.05, 3.63) is 41.6 Å². The van der Waals surface area contributed by atoms with Gasteiger partial charge in [-0.3, -0.25) is 4.48 Å². The van der Waals surface area contributed by atoms with Crippen LogP contribution < -0.4 is 14.0 Å². The summed E-state index contributed by atoms with van der Waals surface area (Å²) in [6.07, 6.45) is 7.61. The Kier molecular flexibility index (Phi) is 8.26. The molecule has 2 aliphatic rings. The molecule has 0 amide bonds. The van der Waals surface area contributed by atoms with Crippen LogP contribution in [-0.4, -0.2) is 70.4 Å². The van der Waals surface area contributed by atoms with E-state index in [9.17, 15) is 0 Å². The summed E-state index contributed by atoms with van der Waals surface area (Å²) in [6.45, 7) is 5.82. The number of aryl methyl sites for hydroxylation is 2. The minimum atomic E-state index is 0.543. The average Bonchev–Trinajstić information content (AvgIpc) is 3.68. The molecule has 7 nitrogen and oxygen atoms in total. The average molecular weight is 523 g/mol. The molecule has 0 radical (unpaired) electrons. The lowest BCUT2D eigenvalue weighted by Gasteiger charge is -2.43. The van der Waals surface area contributed by atoms with E-state index in [4.69, 9.17) is 24.0 Å². The first-order valence-electron chi connectivity index (χ1n) is 14.2. The van der Waals surface area contributed by atoms with E-state index in [1.165, 1.54) is 41.8 Å². The second kappa shape index (κ2) is 11.6. The van der Waals surface area contributed by atoms with Crippen molar-refractivity contribution in [3.63, 3.8) is 0 Å². The zero-order valence-electron chi connectivity index (χ0n) is 23.8. The quantitative estimate of drug-likeness (QED) is 0.226. The van der Waals surface area contributed by atoms with Gasteiger partial charge in [0.2, 0.25) is 0 Å². The fourth-order valence-corrected chi connectivity index (χ4v) is 6.39. The van der Waals surface area contributed by atoms with Gasteiger partial charge < -0.3 is 18.9 Å². The molecule has 0 bridgehead atoms. The number of methoxy groups -OCH3 is 3. The van der Waals surface area contributed by atoms with Crippen LogP contribution in [0.15, 0.2) is 30.3 Å². The van der Waals surface area contributed by atoms with E-state index in [0.717, 1.165) is 85.1 Å². The van der Waals surface area contributed by atoms with Crippen LogP contribution in [0.3, 0.4) is 0 Å². The fraction of sp³-hybridized carbons (Fsp3) is 0.581. The number of hydrogen-bond acceptors (Lipinski definition) is 5. The molecule has 5 rings (SSSR count). The third kappa shape index (κ3) is 5.16. The molecular formula is C31H44N3O4+. The largest absolute Gasteiger partial charge is 0.496 e. The van der Waals surface area contributed by atoms with Gasteiger partial charge in [-0.2, -0.15) is 5.10 Å². The molecule has 1 saturated heterocycles. The molecule has 0 spiro atoms. The van der Waals surface area contributed by atoms with E-state index < -0.39 is 0 Å². The molecule has 3 heterocycles. The van der Waals surface area contributed by atoms with E-state index >= 15 is 0 Å². The van der Waals surface area contributed by atoms with E-state index in [-0.39, 0.29) is 0 Å². The first kappa shape index (κ1) is 27.0. The van der Waals surface area contributed by atoms with Crippen molar-refractivity contribution in [2.75, 3.05) is 54.7 Å². The van der Waals surface area contributed by atoms with Gasteiger partial charge in [0.1, 0.15) is 22.7 Å². The zero-order chi connectivity index (χ0) is 26.7. The van der Waals surface area contributed by atoms with Crippen molar-refractivity contribution in [1.82, 2.24) is 14.1 Å². The van der Waals surface area contributed by atoms with Crippen molar-refractivity contribution >= 4 is 11.2 Å². The highest BCUT2D eigenvalue weighted by molar-refractivity contribution is 5.82. The third-order valence-electron chi connectivity index (χ3n) is 8.51. The predicted octanol–water partition coefficient (Wildman–Crippen LogP) is 5.69. The molecule has 0 N–H and O–H groups in total. The monoisotopic (exact) mass is 522 g/mol. The highest BCUT2D eigenvalue weighted by atomic mass is 16.5. The maximum atomic E-state index is 5.95. The minimum Gasteiger partial charge on any atom is -0.496 e. The van der Waals surface area contributed by atoms with Gasteiger partial charge in [-0.15, -0.1) is 0 Å². The van der Waals surface area contributed by atoms with Gasteiger partial charge in [0.05, 0.1) is 58.3 Å². The molecule has 1 aliphatic heterocycles. The first-order chi connectivity index (χ1) is 18.5. The minimum absolute atomic E-state index is 0.543. The Hall–Kier alpha value is -2.61. The summed E-state index contributed by atoms with van der Waals surface area (Å²) in [5.41, 5.74) is 6.85. The Balaban J connectivity index is 1.66. The van der Waals surface area contributed by atoms with Crippen molar-refractivity contribution in [2.24, 2.45) is 5.92 Å². The van der Waals surface area contributed by atoms with Crippen LogP contribution in [0.1, 0.15) is 50.3 Å². The number of rotatable bonds is 12. The Bertz CT molecular complexity index is 1220. The van der Waals surface area contributed by atoms with Crippen molar-refractivity contribution < 1.29 is 18.9 Å². The lowest BCUT2D eigenvalue weighted by atomic mass is 10.00. The fourth-order valence-electron chi connectivity index (χ4n) is 6.39. The standard InChI is InChI=1S/C31H44N3O4/c1-6-25-31(34(2,21-22-12-13-22)24-14-17-38-18-15-24)27-11-7-10-26(33(27)32-25)30-28(36-4)19-23(9-8-16-35-3)20-29(30)37-5/h7,10-11,19-20,22,24H,6,8-9,12-18,21H2,1-5H3/q+1. The number of fused-ring (bicyclic) bond motifs is 1. The van der Waals surface area contributed by atoms with Crippen LogP contribution in [-0.2, 0) is 22.3 Å². The summed E-state index contributed by atoms with van der Waals surface area (Å²) >= 11 is 0. The molecule has 206 valence electrons. The highest BCUT2D eigenvalue weighted by Crippen LogP contribution is 2.45. The second-order valence-corrected chi connectivity index (χ2v) is 11.1. The highest BCUT2D eigenvalue weighted by Gasteiger charge is 2.44. The van der Waals surface area contributed by atoms with Gasteiger partial charge in [-0.1, -0.05) is 13.0 Å². The predicted molar refractivity (Wildman–Crippen MR) is 152 cm³/mol. The lowest BCUT2D eigenvalue weighted by Crippen LogP contribution is -2.57. The second-order valence-electron chi connectivity index (χ2n) is 11.1. The molecule has 7 heteroatoms. The smallest absolute Gasteiger partial charge is 0.182 e. The molecule has 2 fully saturated rings. The van der Waals surface area contributed by atoms with E-state index in [1.807, 2.05) is 0 Å². The number of nitrogens with zero attached hydrogens (tertiary/aromatic N) is 3. The Morgan fingerprint density at radius 3 is 2.34 bits per heavy atom. The summed E-state index contributed by atoms with van der Waals surface area (Å²) in [5, 5.41) is 5.27. The topological polar surface area (TPSA) is 54.2 Å². The van der Waals surface area contributed by atoms with Gasteiger partial charge in [0.15, 0.2) is 5.69 Å². The summed E-state index contributed by atoms with van der Waals surface area (Å²) in [4.78, 5) is 0. The summed E-state index contributed by atoms with van der Waals surface area (Å²) < 4.78 is 26.0. The first-order valence-corrected chi connectivity index (χ1v) is 14.2. The van der Waals surface area contributed by atoms with Crippen LogP contribution in [0.25, 0.3) is 16.8 Å². The molecule has 2 aromatic heterocycles. The van der Waals surface area contributed by atoms with Crippen molar-refractivity contribution in [3.8, 4) is 22.8 Å². The molecular weight excluding hydrogens is 478 g/mol. The normalized spacial score (nSPS) is 18.0.